The number of unbranched alkanes of at least 4 members (excludes halogenated alkanes) is 1. The number of carbonyl (C=O) groups excluding carboxylic acids is 1. The van der Waals surface area contributed by atoms with E-state index >= 15 is 0 Å². The number of pyridine rings is 1. The van der Waals surface area contributed by atoms with Gasteiger partial charge in [-0.15, -0.1) is 0 Å². The summed E-state index contributed by atoms with van der Waals surface area (Å²) in [7, 11) is 0. The molecule has 0 aliphatic rings. The average molecular weight is 225 g/mol. The number of rotatable bonds is 5. The Labute approximate surface area is 94.1 Å². The second kappa shape index (κ2) is 6.17. The van der Waals surface area contributed by atoms with Crippen molar-refractivity contribution in [1.29, 1.82) is 0 Å². The minimum atomic E-state index is -0.576. The largest absolute Gasteiger partial charge is 0.323 e. The van der Waals surface area contributed by atoms with Gasteiger partial charge in [-0.05, 0) is 18.6 Å². The Bertz CT molecular complexity index is 340. The van der Waals surface area contributed by atoms with Gasteiger partial charge in [0.15, 0.2) is 0 Å². The second-order valence-electron chi connectivity index (χ2n) is 3.61. The van der Waals surface area contributed by atoms with Crippen molar-refractivity contribution in [2.75, 3.05) is 5.32 Å². The van der Waals surface area contributed by atoms with Crippen LogP contribution < -0.4 is 11.1 Å². The molecule has 0 spiro atoms. The zero-order chi connectivity index (χ0) is 12.0. The number of anilines is 1. The van der Waals surface area contributed by atoms with Crippen LogP contribution in [0.5, 0.6) is 0 Å². The van der Waals surface area contributed by atoms with Crippen LogP contribution in [0.4, 0.5) is 10.1 Å². The Morgan fingerprint density at radius 3 is 2.94 bits per heavy atom. The van der Waals surface area contributed by atoms with Gasteiger partial charge in [0.25, 0.3) is 0 Å². The first-order valence-electron chi connectivity index (χ1n) is 5.31. The molecule has 1 aromatic rings. The first-order chi connectivity index (χ1) is 7.63. The predicted molar refractivity (Wildman–Crippen MR) is 60.3 cm³/mol. The molecule has 1 amide bonds. The van der Waals surface area contributed by atoms with Crippen molar-refractivity contribution in [3.63, 3.8) is 0 Å². The van der Waals surface area contributed by atoms with Crippen LogP contribution in [-0.4, -0.2) is 16.9 Å². The molecule has 0 saturated heterocycles. The number of hydrogen-bond donors (Lipinski definition) is 2. The number of aromatic nitrogens is 1. The molecule has 0 aromatic carbocycles. The van der Waals surface area contributed by atoms with Crippen LogP contribution in [0.3, 0.4) is 0 Å². The van der Waals surface area contributed by atoms with Crippen molar-refractivity contribution in [2.24, 2.45) is 5.73 Å². The quantitative estimate of drug-likeness (QED) is 0.749. The van der Waals surface area contributed by atoms with Gasteiger partial charge in [0.1, 0.15) is 0 Å². The zero-order valence-corrected chi connectivity index (χ0v) is 9.24. The Hall–Kier alpha value is -1.49. The lowest BCUT2D eigenvalue weighted by Gasteiger charge is -2.11. The summed E-state index contributed by atoms with van der Waals surface area (Å²) in [6.45, 7) is 2.04. The number of hydrogen-bond acceptors (Lipinski definition) is 3. The van der Waals surface area contributed by atoms with E-state index in [4.69, 9.17) is 5.73 Å². The number of amides is 1. The molecule has 0 aliphatic heterocycles. The molecule has 0 aliphatic carbocycles. The number of halogens is 1. The molecular weight excluding hydrogens is 209 g/mol. The fraction of sp³-hybridized carbons (Fsp3) is 0.455. The van der Waals surface area contributed by atoms with Gasteiger partial charge in [0, 0.05) is 0 Å². The smallest absolute Gasteiger partial charge is 0.241 e. The third-order valence-electron chi connectivity index (χ3n) is 2.20. The SMILES string of the molecule is CCCCC(N)C(=O)Nc1ccc(F)nc1. The summed E-state index contributed by atoms with van der Waals surface area (Å²) in [6.07, 6.45) is 3.83. The highest BCUT2D eigenvalue weighted by Crippen LogP contribution is 2.07. The molecular formula is C11H16FN3O. The maximum absolute atomic E-state index is 12.5. The summed E-state index contributed by atoms with van der Waals surface area (Å²) in [6, 6.07) is 2.12. The van der Waals surface area contributed by atoms with E-state index in [0.29, 0.717) is 12.1 Å². The van der Waals surface area contributed by atoms with Gasteiger partial charge in [-0.1, -0.05) is 19.8 Å². The van der Waals surface area contributed by atoms with Crippen LogP contribution >= 0.6 is 0 Å². The molecule has 3 N–H and O–H groups in total. The first kappa shape index (κ1) is 12.6. The minimum Gasteiger partial charge on any atom is -0.323 e. The first-order valence-corrected chi connectivity index (χ1v) is 5.31. The van der Waals surface area contributed by atoms with Gasteiger partial charge in [-0.25, -0.2) is 4.98 Å². The molecule has 0 fully saturated rings. The Balaban J connectivity index is 2.47. The van der Waals surface area contributed by atoms with Crippen LogP contribution in [0.15, 0.2) is 18.3 Å². The summed E-state index contributed by atoms with van der Waals surface area (Å²) >= 11 is 0. The van der Waals surface area contributed by atoms with E-state index in [0.717, 1.165) is 12.8 Å². The number of carbonyl (C=O) groups is 1. The third kappa shape index (κ3) is 3.94. The normalized spacial score (nSPS) is 12.2. The van der Waals surface area contributed by atoms with E-state index in [9.17, 15) is 9.18 Å². The lowest BCUT2D eigenvalue weighted by atomic mass is 10.1. The minimum absolute atomic E-state index is 0.262. The Morgan fingerprint density at radius 1 is 1.62 bits per heavy atom. The van der Waals surface area contributed by atoms with Gasteiger partial charge in [-0.3, -0.25) is 4.79 Å². The second-order valence-corrected chi connectivity index (χ2v) is 3.61. The van der Waals surface area contributed by atoms with E-state index in [1.165, 1.54) is 18.3 Å². The molecule has 1 atom stereocenters. The van der Waals surface area contributed by atoms with Crippen molar-refractivity contribution in [2.45, 2.75) is 32.2 Å². The summed E-state index contributed by atoms with van der Waals surface area (Å²) < 4.78 is 12.5. The lowest BCUT2D eigenvalue weighted by Crippen LogP contribution is -2.35. The van der Waals surface area contributed by atoms with Gasteiger partial charge < -0.3 is 11.1 Å². The lowest BCUT2D eigenvalue weighted by molar-refractivity contribution is -0.117. The van der Waals surface area contributed by atoms with Crippen LogP contribution in [0, 0.1) is 5.95 Å². The predicted octanol–water partition coefficient (Wildman–Crippen LogP) is 1.68. The highest BCUT2D eigenvalue weighted by atomic mass is 19.1. The molecule has 88 valence electrons. The molecule has 16 heavy (non-hydrogen) atoms. The van der Waals surface area contributed by atoms with Gasteiger partial charge in [0.2, 0.25) is 11.9 Å². The van der Waals surface area contributed by atoms with Crippen LogP contribution in [0.25, 0.3) is 0 Å². The number of nitrogens with one attached hydrogen (secondary N) is 1. The molecule has 1 rings (SSSR count). The standard InChI is InChI=1S/C11H16FN3O/c1-2-3-4-9(13)11(16)15-8-5-6-10(12)14-7-8/h5-7,9H,2-4,13H2,1H3,(H,15,16). The van der Waals surface area contributed by atoms with Crippen molar-refractivity contribution >= 4 is 11.6 Å². The van der Waals surface area contributed by atoms with Crippen LogP contribution in [-0.2, 0) is 4.79 Å². The van der Waals surface area contributed by atoms with E-state index in [1.54, 1.807) is 0 Å². The molecule has 4 nitrogen and oxygen atoms in total. The van der Waals surface area contributed by atoms with Gasteiger partial charge in [-0.2, -0.15) is 4.39 Å². The number of nitrogens with two attached hydrogens (primary N) is 1. The van der Waals surface area contributed by atoms with Crippen molar-refractivity contribution < 1.29 is 9.18 Å². The highest BCUT2D eigenvalue weighted by molar-refractivity contribution is 5.94. The third-order valence-corrected chi connectivity index (χ3v) is 2.20. The van der Waals surface area contributed by atoms with Crippen LogP contribution in [0.1, 0.15) is 26.2 Å². The zero-order valence-electron chi connectivity index (χ0n) is 9.24. The fourth-order valence-electron chi connectivity index (χ4n) is 1.24. The summed E-state index contributed by atoms with van der Waals surface area (Å²) in [5.41, 5.74) is 6.13. The maximum Gasteiger partial charge on any atom is 0.241 e. The van der Waals surface area contributed by atoms with E-state index in [1.807, 2.05) is 6.92 Å². The summed E-state index contributed by atoms with van der Waals surface area (Å²) in [5, 5.41) is 2.58. The average Bonchev–Trinajstić information content (AvgIpc) is 2.29. The highest BCUT2D eigenvalue weighted by Gasteiger charge is 2.12. The van der Waals surface area contributed by atoms with Crippen LogP contribution in [0.2, 0.25) is 0 Å². The van der Waals surface area contributed by atoms with Gasteiger partial charge >= 0.3 is 0 Å². The molecule has 1 heterocycles. The fourth-order valence-corrected chi connectivity index (χ4v) is 1.24. The Kier molecular flexibility index (Phi) is 4.85. The van der Waals surface area contributed by atoms with E-state index in [-0.39, 0.29) is 5.91 Å². The number of nitrogens with zero attached hydrogens (tertiary/aromatic N) is 1. The summed E-state index contributed by atoms with van der Waals surface area (Å²) in [4.78, 5) is 15.0. The van der Waals surface area contributed by atoms with Crippen molar-refractivity contribution in [3.05, 3.63) is 24.3 Å². The summed E-state index contributed by atoms with van der Waals surface area (Å²) in [5.74, 6) is -0.838. The molecule has 0 radical (unpaired) electrons. The van der Waals surface area contributed by atoms with Gasteiger partial charge in [0.05, 0.1) is 17.9 Å². The monoisotopic (exact) mass is 225 g/mol. The maximum atomic E-state index is 12.5. The van der Waals surface area contributed by atoms with Crippen molar-refractivity contribution in [1.82, 2.24) is 4.98 Å². The molecule has 0 saturated carbocycles. The molecule has 1 unspecified atom stereocenters. The van der Waals surface area contributed by atoms with Crippen molar-refractivity contribution in [3.8, 4) is 0 Å². The molecule has 5 heteroatoms. The van der Waals surface area contributed by atoms with E-state index < -0.39 is 12.0 Å². The topological polar surface area (TPSA) is 68.0 Å². The van der Waals surface area contributed by atoms with E-state index in [2.05, 4.69) is 10.3 Å². The molecule has 0 bridgehead atoms. The Morgan fingerprint density at radius 2 is 2.38 bits per heavy atom. The molecule has 1 aromatic heterocycles.